The van der Waals surface area contributed by atoms with Crippen LogP contribution in [0.25, 0.3) is 16.7 Å². The molecule has 3 aromatic rings. The molecule has 25 heavy (non-hydrogen) atoms. The van der Waals surface area contributed by atoms with E-state index in [1.807, 2.05) is 28.8 Å². The minimum atomic E-state index is -0.400. The van der Waals surface area contributed by atoms with Gasteiger partial charge in [-0.25, -0.2) is 4.98 Å². The van der Waals surface area contributed by atoms with Crippen molar-refractivity contribution < 1.29 is 9.66 Å². The van der Waals surface area contributed by atoms with E-state index < -0.39 is 4.92 Å². The van der Waals surface area contributed by atoms with E-state index in [4.69, 9.17) is 4.74 Å². The molecule has 130 valence electrons. The van der Waals surface area contributed by atoms with Gasteiger partial charge in [-0.15, -0.1) is 0 Å². The summed E-state index contributed by atoms with van der Waals surface area (Å²) < 4.78 is 7.50. The zero-order valence-corrected chi connectivity index (χ0v) is 15.1. The second-order valence-corrected chi connectivity index (χ2v) is 7.02. The standard InChI is InChI=1S/C18H19N3O3S/c1-12(2)11-25-18-19-14-10-13(21(22)23)8-9-15(14)20(18)16-6-4-5-7-17(16)24-3/h4-10,12H,11H2,1-3H3. The summed E-state index contributed by atoms with van der Waals surface area (Å²) in [5.74, 6) is 2.14. The number of fused-ring (bicyclic) bond motifs is 1. The van der Waals surface area contributed by atoms with Gasteiger partial charge < -0.3 is 4.74 Å². The Balaban J connectivity index is 2.22. The van der Waals surface area contributed by atoms with E-state index in [1.54, 1.807) is 24.9 Å². The summed E-state index contributed by atoms with van der Waals surface area (Å²) in [5.41, 5.74) is 2.33. The third-order valence-electron chi connectivity index (χ3n) is 3.69. The Morgan fingerprint density at radius 3 is 2.72 bits per heavy atom. The topological polar surface area (TPSA) is 70.2 Å². The number of non-ortho nitro benzene ring substituents is 1. The van der Waals surface area contributed by atoms with Crippen molar-refractivity contribution in [1.29, 1.82) is 0 Å². The van der Waals surface area contributed by atoms with Crippen molar-refractivity contribution in [1.82, 2.24) is 9.55 Å². The number of aromatic nitrogens is 2. The molecule has 0 fully saturated rings. The van der Waals surface area contributed by atoms with Gasteiger partial charge in [0.2, 0.25) is 0 Å². The van der Waals surface area contributed by atoms with Gasteiger partial charge in [0.25, 0.3) is 5.69 Å². The lowest BCUT2D eigenvalue weighted by molar-refractivity contribution is -0.384. The van der Waals surface area contributed by atoms with Crippen LogP contribution < -0.4 is 4.74 Å². The molecule has 2 aromatic carbocycles. The molecule has 0 N–H and O–H groups in total. The van der Waals surface area contributed by atoms with Crippen LogP contribution in [-0.2, 0) is 0 Å². The van der Waals surface area contributed by atoms with Crippen molar-refractivity contribution in [2.75, 3.05) is 12.9 Å². The maximum Gasteiger partial charge on any atom is 0.271 e. The first-order valence-corrected chi connectivity index (χ1v) is 8.93. The molecular formula is C18H19N3O3S. The molecule has 0 unspecified atom stereocenters. The molecule has 0 aliphatic rings. The summed E-state index contributed by atoms with van der Waals surface area (Å²) in [6.45, 7) is 4.29. The molecule has 0 saturated heterocycles. The quantitative estimate of drug-likeness (QED) is 0.364. The lowest BCUT2D eigenvalue weighted by Crippen LogP contribution is -2.01. The van der Waals surface area contributed by atoms with Gasteiger partial charge in [0.05, 0.1) is 28.8 Å². The molecule has 7 heteroatoms. The monoisotopic (exact) mass is 357 g/mol. The smallest absolute Gasteiger partial charge is 0.271 e. The van der Waals surface area contributed by atoms with Gasteiger partial charge in [-0.05, 0) is 24.1 Å². The maximum atomic E-state index is 11.1. The Kier molecular flexibility index (Phi) is 4.94. The van der Waals surface area contributed by atoms with Crippen LogP contribution in [0.15, 0.2) is 47.6 Å². The minimum Gasteiger partial charge on any atom is -0.495 e. The Hall–Kier alpha value is -2.54. The van der Waals surface area contributed by atoms with Gasteiger partial charge in [0, 0.05) is 17.9 Å². The molecule has 0 atom stereocenters. The normalized spacial score (nSPS) is 11.2. The average Bonchev–Trinajstić information content (AvgIpc) is 2.97. The summed E-state index contributed by atoms with van der Waals surface area (Å²) in [4.78, 5) is 15.3. The second kappa shape index (κ2) is 7.14. The largest absolute Gasteiger partial charge is 0.495 e. The molecule has 0 aliphatic heterocycles. The first-order valence-electron chi connectivity index (χ1n) is 7.94. The van der Waals surface area contributed by atoms with E-state index in [0.29, 0.717) is 11.4 Å². The van der Waals surface area contributed by atoms with Crippen LogP contribution in [0.5, 0.6) is 5.75 Å². The predicted octanol–water partition coefficient (Wildman–Crippen LogP) is 4.69. The van der Waals surface area contributed by atoms with Crippen molar-refractivity contribution in [2.45, 2.75) is 19.0 Å². The van der Waals surface area contributed by atoms with Crippen molar-refractivity contribution in [3.63, 3.8) is 0 Å². The first-order chi connectivity index (χ1) is 12.0. The number of rotatable bonds is 6. The van der Waals surface area contributed by atoms with E-state index in [2.05, 4.69) is 18.8 Å². The van der Waals surface area contributed by atoms with Crippen LogP contribution in [0, 0.1) is 16.0 Å². The highest BCUT2D eigenvalue weighted by atomic mass is 32.2. The minimum absolute atomic E-state index is 0.0394. The number of ether oxygens (including phenoxy) is 1. The lowest BCUT2D eigenvalue weighted by Gasteiger charge is -2.13. The SMILES string of the molecule is COc1ccccc1-n1c(SCC(C)C)nc2cc([N+](=O)[O-])ccc21. The fourth-order valence-corrected chi connectivity index (χ4v) is 3.52. The molecule has 1 heterocycles. The summed E-state index contributed by atoms with van der Waals surface area (Å²) in [6, 6.07) is 12.5. The molecule has 0 spiro atoms. The lowest BCUT2D eigenvalue weighted by atomic mass is 10.2. The zero-order chi connectivity index (χ0) is 18.0. The van der Waals surface area contributed by atoms with Crippen molar-refractivity contribution in [3.8, 4) is 11.4 Å². The highest BCUT2D eigenvalue weighted by Gasteiger charge is 2.18. The second-order valence-electron chi connectivity index (χ2n) is 6.04. The first kappa shape index (κ1) is 17.3. The fourth-order valence-electron chi connectivity index (χ4n) is 2.55. The number of hydrogen-bond acceptors (Lipinski definition) is 5. The van der Waals surface area contributed by atoms with Crippen molar-refractivity contribution >= 4 is 28.5 Å². The predicted molar refractivity (Wildman–Crippen MR) is 99.8 cm³/mol. The number of nitro benzene ring substituents is 1. The number of imidazole rings is 1. The van der Waals surface area contributed by atoms with Gasteiger partial charge in [-0.1, -0.05) is 37.7 Å². The summed E-state index contributed by atoms with van der Waals surface area (Å²) >= 11 is 1.64. The van der Waals surface area contributed by atoms with Gasteiger partial charge in [0.1, 0.15) is 5.75 Å². The molecule has 6 nitrogen and oxygen atoms in total. The van der Waals surface area contributed by atoms with Crippen molar-refractivity contribution in [2.24, 2.45) is 5.92 Å². The molecule has 0 bridgehead atoms. The zero-order valence-electron chi connectivity index (χ0n) is 14.3. The van der Waals surface area contributed by atoms with E-state index in [9.17, 15) is 10.1 Å². The van der Waals surface area contributed by atoms with Crippen LogP contribution in [-0.4, -0.2) is 27.3 Å². The van der Waals surface area contributed by atoms with Crippen LogP contribution in [0.3, 0.4) is 0 Å². The molecule has 0 amide bonds. The Morgan fingerprint density at radius 2 is 2.04 bits per heavy atom. The summed E-state index contributed by atoms with van der Waals surface area (Å²) in [7, 11) is 1.63. The van der Waals surface area contributed by atoms with Crippen LogP contribution in [0.2, 0.25) is 0 Å². The Morgan fingerprint density at radius 1 is 1.28 bits per heavy atom. The van der Waals surface area contributed by atoms with E-state index in [1.165, 1.54) is 12.1 Å². The van der Waals surface area contributed by atoms with Gasteiger partial charge in [-0.3, -0.25) is 14.7 Å². The molecule has 0 aliphatic carbocycles. The fraction of sp³-hybridized carbons (Fsp3) is 0.278. The summed E-state index contributed by atoms with van der Waals surface area (Å²) in [5, 5.41) is 11.9. The number of nitro groups is 1. The van der Waals surface area contributed by atoms with Gasteiger partial charge in [-0.2, -0.15) is 0 Å². The van der Waals surface area contributed by atoms with Crippen LogP contribution in [0.4, 0.5) is 5.69 Å². The highest BCUT2D eigenvalue weighted by Crippen LogP contribution is 2.34. The number of nitrogens with zero attached hydrogens (tertiary/aromatic N) is 3. The number of methoxy groups -OCH3 is 1. The van der Waals surface area contributed by atoms with E-state index in [0.717, 1.165) is 27.9 Å². The van der Waals surface area contributed by atoms with Crippen molar-refractivity contribution in [3.05, 3.63) is 52.6 Å². The molecule has 3 rings (SSSR count). The third-order valence-corrected chi connectivity index (χ3v) is 5.06. The van der Waals surface area contributed by atoms with Gasteiger partial charge in [0.15, 0.2) is 5.16 Å². The van der Waals surface area contributed by atoms with E-state index in [-0.39, 0.29) is 5.69 Å². The Bertz CT molecular complexity index is 921. The molecular weight excluding hydrogens is 338 g/mol. The average molecular weight is 357 g/mol. The summed E-state index contributed by atoms with van der Waals surface area (Å²) in [6.07, 6.45) is 0. The Labute approximate surface area is 150 Å². The third kappa shape index (κ3) is 3.46. The molecule has 0 saturated carbocycles. The highest BCUT2D eigenvalue weighted by molar-refractivity contribution is 7.99. The van der Waals surface area contributed by atoms with Crippen LogP contribution in [0.1, 0.15) is 13.8 Å². The molecule has 1 aromatic heterocycles. The van der Waals surface area contributed by atoms with Crippen LogP contribution >= 0.6 is 11.8 Å². The van der Waals surface area contributed by atoms with E-state index >= 15 is 0 Å². The number of benzene rings is 2. The van der Waals surface area contributed by atoms with Gasteiger partial charge >= 0.3 is 0 Å². The number of para-hydroxylation sites is 2. The number of hydrogen-bond donors (Lipinski definition) is 0. The number of thioether (sulfide) groups is 1. The molecule has 0 radical (unpaired) electrons. The maximum absolute atomic E-state index is 11.1.